The molecule has 2 aromatic rings. The van der Waals surface area contributed by atoms with Gasteiger partial charge in [0.15, 0.2) is 11.5 Å². The average Bonchev–Trinajstić information content (AvgIpc) is 3.14. The standard InChI is InChI=1S/C21H19Cl2NO2/c1-25-19-10-9-14(12-20(19)26-16-5-2-3-6-16)11-15(13-24)21-17(22)7-4-8-18(21)23/h4,7-12,16H,2-3,5-6H2,1H3/b15-11+. The minimum Gasteiger partial charge on any atom is -0.493 e. The predicted molar refractivity (Wildman–Crippen MR) is 106 cm³/mol. The first kappa shape index (κ1) is 18.6. The number of allylic oxidation sites excluding steroid dienone is 1. The molecule has 0 spiro atoms. The van der Waals surface area contributed by atoms with Gasteiger partial charge in [-0.25, -0.2) is 0 Å². The molecule has 0 amide bonds. The molecule has 0 aromatic heterocycles. The summed E-state index contributed by atoms with van der Waals surface area (Å²) < 4.78 is 11.5. The summed E-state index contributed by atoms with van der Waals surface area (Å²) in [5.74, 6) is 1.37. The van der Waals surface area contributed by atoms with Gasteiger partial charge in [-0.1, -0.05) is 35.3 Å². The highest BCUT2D eigenvalue weighted by molar-refractivity contribution is 6.38. The lowest BCUT2D eigenvalue weighted by atomic mass is 10.0. The zero-order valence-corrected chi connectivity index (χ0v) is 16.0. The maximum absolute atomic E-state index is 9.60. The van der Waals surface area contributed by atoms with Crippen LogP contribution in [0.4, 0.5) is 0 Å². The Kier molecular flexibility index (Phi) is 6.08. The van der Waals surface area contributed by atoms with Crippen molar-refractivity contribution in [2.75, 3.05) is 7.11 Å². The van der Waals surface area contributed by atoms with Gasteiger partial charge < -0.3 is 9.47 Å². The van der Waals surface area contributed by atoms with Crippen molar-refractivity contribution in [3.05, 3.63) is 57.6 Å². The zero-order valence-electron chi connectivity index (χ0n) is 14.5. The highest BCUT2D eigenvalue weighted by atomic mass is 35.5. The number of ether oxygens (including phenoxy) is 2. The summed E-state index contributed by atoms with van der Waals surface area (Å²) >= 11 is 12.5. The van der Waals surface area contributed by atoms with Crippen LogP contribution >= 0.6 is 23.2 Å². The fourth-order valence-corrected chi connectivity index (χ4v) is 3.74. The van der Waals surface area contributed by atoms with Crippen LogP contribution in [0.15, 0.2) is 36.4 Å². The lowest BCUT2D eigenvalue weighted by Crippen LogP contribution is -2.11. The van der Waals surface area contributed by atoms with E-state index in [0.717, 1.165) is 18.4 Å². The van der Waals surface area contributed by atoms with Crippen LogP contribution in [0, 0.1) is 11.3 Å². The highest BCUT2D eigenvalue weighted by Gasteiger charge is 2.19. The Balaban J connectivity index is 1.97. The minimum atomic E-state index is 0.219. The Morgan fingerprint density at radius 3 is 2.42 bits per heavy atom. The second kappa shape index (κ2) is 8.49. The molecule has 1 saturated carbocycles. The van der Waals surface area contributed by atoms with Crippen molar-refractivity contribution in [1.82, 2.24) is 0 Å². The van der Waals surface area contributed by atoms with E-state index >= 15 is 0 Å². The summed E-state index contributed by atoms with van der Waals surface area (Å²) in [6.07, 6.45) is 6.47. The Labute approximate surface area is 163 Å². The topological polar surface area (TPSA) is 42.2 Å². The molecule has 26 heavy (non-hydrogen) atoms. The molecule has 134 valence electrons. The van der Waals surface area contributed by atoms with E-state index in [1.165, 1.54) is 12.8 Å². The van der Waals surface area contributed by atoms with Crippen LogP contribution in [-0.2, 0) is 0 Å². The van der Waals surface area contributed by atoms with Gasteiger partial charge in [0.2, 0.25) is 0 Å². The monoisotopic (exact) mass is 387 g/mol. The first-order chi connectivity index (χ1) is 12.6. The van der Waals surface area contributed by atoms with Gasteiger partial charge in [-0.05, 0) is 61.6 Å². The van der Waals surface area contributed by atoms with Gasteiger partial charge in [-0.2, -0.15) is 5.26 Å². The van der Waals surface area contributed by atoms with Gasteiger partial charge in [-0.15, -0.1) is 0 Å². The molecule has 0 unspecified atom stereocenters. The molecular weight excluding hydrogens is 369 g/mol. The van der Waals surface area contributed by atoms with E-state index in [4.69, 9.17) is 32.7 Å². The zero-order chi connectivity index (χ0) is 18.5. The molecular formula is C21H19Cl2NO2. The predicted octanol–water partition coefficient (Wildman–Crippen LogP) is 6.39. The summed E-state index contributed by atoms with van der Waals surface area (Å²) in [6.45, 7) is 0. The van der Waals surface area contributed by atoms with E-state index < -0.39 is 0 Å². The van der Waals surface area contributed by atoms with Gasteiger partial charge in [-0.3, -0.25) is 0 Å². The molecule has 0 aliphatic heterocycles. The van der Waals surface area contributed by atoms with Gasteiger partial charge in [0.25, 0.3) is 0 Å². The normalized spacial score (nSPS) is 14.9. The number of benzene rings is 2. The van der Waals surface area contributed by atoms with E-state index in [1.807, 2.05) is 18.2 Å². The number of hydrogen-bond acceptors (Lipinski definition) is 3. The van der Waals surface area contributed by atoms with Crippen molar-refractivity contribution in [3.8, 4) is 17.6 Å². The molecule has 1 aliphatic rings. The third kappa shape index (κ3) is 4.15. The van der Waals surface area contributed by atoms with Crippen molar-refractivity contribution in [2.24, 2.45) is 0 Å². The first-order valence-corrected chi connectivity index (χ1v) is 9.29. The number of methoxy groups -OCH3 is 1. The fourth-order valence-electron chi connectivity index (χ4n) is 3.14. The van der Waals surface area contributed by atoms with Crippen molar-refractivity contribution in [3.63, 3.8) is 0 Å². The van der Waals surface area contributed by atoms with Crippen LogP contribution < -0.4 is 9.47 Å². The third-order valence-corrected chi connectivity index (χ3v) is 5.08. The fraction of sp³-hybridized carbons (Fsp3) is 0.286. The molecule has 0 bridgehead atoms. The minimum absolute atomic E-state index is 0.219. The van der Waals surface area contributed by atoms with Crippen molar-refractivity contribution < 1.29 is 9.47 Å². The molecule has 2 aromatic carbocycles. The van der Waals surface area contributed by atoms with Gasteiger partial charge in [0.05, 0.1) is 34.9 Å². The Bertz CT molecular complexity index is 845. The van der Waals surface area contributed by atoms with Crippen LogP contribution in [0.2, 0.25) is 10.0 Å². The molecule has 1 aliphatic carbocycles. The van der Waals surface area contributed by atoms with Gasteiger partial charge >= 0.3 is 0 Å². The van der Waals surface area contributed by atoms with Crippen molar-refractivity contribution in [1.29, 1.82) is 5.26 Å². The van der Waals surface area contributed by atoms with Gasteiger partial charge in [0, 0.05) is 5.56 Å². The molecule has 5 heteroatoms. The quantitative estimate of drug-likeness (QED) is 0.440. The van der Waals surface area contributed by atoms with Crippen molar-refractivity contribution >= 4 is 34.9 Å². The smallest absolute Gasteiger partial charge is 0.162 e. The van der Waals surface area contributed by atoms with Crippen LogP contribution in [-0.4, -0.2) is 13.2 Å². The SMILES string of the molecule is COc1ccc(/C=C(\C#N)c2c(Cl)cccc2Cl)cc1OC1CCCC1. The first-order valence-electron chi connectivity index (χ1n) is 8.53. The van der Waals surface area contributed by atoms with Crippen LogP contribution in [0.3, 0.4) is 0 Å². The van der Waals surface area contributed by atoms with Crippen molar-refractivity contribution in [2.45, 2.75) is 31.8 Å². The maximum atomic E-state index is 9.60. The molecule has 0 heterocycles. The molecule has 1 fully saturated rings. The third-order valence-electron chi connectivity index (χ3n) is 4.45. The lowest BCUT2D eigenvalue weighted by Gasteiger charge is -2.16. The van der Waals surface area contributed by atoms with E-state index in [1.54, 1.807) is 31.4 Å². The molecule has 0 N–H and O–H groups in total. The number of rotatable bonds is 5. The second-order valence-electron chi connectivity index (χ2n) is 6.20. The van der Waals surface area contributed by atoms with Crippen LogP contribution in [0.5, 0.6) is 11.5 Å². The largest absolute Gasteiger partial charge is 0.493 e. The summed E-state index contributed by atoms with van der Waals surface area (Å²) in [7, 11) is 1.62. The Morgan fingerprint density at radius 1 is 1.12 bits per heavy atom. The molecule has 0 atom stereocenters. The van der Waals surface area contributed by atoms with Crippen LogP contribution in [0.25, 0.3) is 11.6 Å². The summed E-state index contributed by atoms with van der Waals surface area (Å²) in [5, 5.41) is 10.5. The number of halogens is 2. The number of nitriles is 1. The van der Waals surface area contributed by atoms with Crippen LogP contribution in [0.1, 0.15) is 36.8 Å². The molecule has 0 radical (unpaired) electrons. The molecule has 3 rings (SSSR count). The summed E-state index contributed by atoms with van der Waals surface area (Å²) in [4.78, 5) is 0. The van der Waals surface area contributed by atoms with E-state index in [0.29, 0.717) is 32.7 Å². The summed E-state index contributed by atoms with van der Waals surface area (Å²) in [5.41, 5.74) is 1.76. The van der Waals surface area contributed by atoms with E-state index in [-0.39, 0.29) is 6.10 Å². The Morgan fingerprint density at radius 2 is 1.81 bits per heavy atom. The molecule has 3 nitrogen and oxygen atoms in total. The average molecular weight is 388 g/mol. The second-order valence-corrected chi connectivity index (χ2v) is 7.02. The maximum Gasteiger partial charge on any atom is 0.162 e. The Hall–Kier alpha value is -2.15. The number of hydrogen-bond donors (Lipinski definition) is 0. The van der Waals surface area contributed by atoms with E-state index in [9.17, 15) is 5.26 Å². The molecule has 0 saturated heterocycles. The summed E-state index contributed by atoms with van der Waals surface area (Å²) in [6, 6.07) is 13.0. The number of nitrogens with zero attached hydrogens (tertiary/aromatic N) is 1. The highest BCUT2D eigenvalue weighted by Crippen LogP contribution is 2.35. The lowest BCUT2D eigenvalue weighted by molar-refractivity contribution is 0.201. The van der Waals surface area contributed by atoms with E-state index in [2.05, 4.69) is 6.07 Å². The van der Waals surface area contributed by atoms with Gasteiger partial charge in [0.1, 0.15) is 0 Å².